The predicted molar refractivity (Wildman–Crippen MR) is 71.7 cm³/mol. The molecule has 1 aliphatic carbocycles. The zero-order chi connectivity index (χ0) is 12.5. The molecule has 1 aliphatic rings. The van der Waals surface area contributed by atoms with E-state index in [1.807, 2.05) is 18.2 Å². The summed E-state index contributed by atoms with van der Waals surface area (Å²) < 4.78 is 0. The molecule has 0 bridgehead atoms. The second-order valence-electron chi connectivity index (χ2n) is 5.05. The van der Waals surface area contributed by atoms with Gasteiger partial charge in [-0.3, -0.25) is 4.79 Å². The third kappa shape index (κ3) is 1.78. The van der Waals surface area contributed by atoms with Crippen molar-refractivity contribution in [3.63, 3.8) is 0 Å². The summed E-state index contributed by atoms with van der Waals surface area (Å²) in [6.45, 7) is 0. The van der Waals surface area contributed by atoms with Gasteiger partial charge in [0.25, 0.3) is 0 Å². The molecule has 92 valence electrons. The lowest BCUT2D eigenvalue weighted by molar-refractivity contribution is -0.141. The zero-order valence-corrected chi connectivity index (χ0v) is 10.2. The van der Waals surface area contributed by atoms with E-state index < -0.39 is 5.97 Å². The topological polar surface area (TPSA) is 37.3 Å². The van der Waals surface area contributed by atoms with Crippen LogP contribution in [0.3, 0.4) is 0 Å². The number of benzene rings is 2. The molecule has 0 aliphatic heterocycles. The molecular weight excluding hydrogens is 224 g/mol. The Labute approximate surface area is 106 Å². The van der Waals surface area contributed by atoms with Crippen molar-refractivity contribution < 1.29 is 9.90 Å². The van der Waals surface area contributed by atoms with Gasteiger partial charge in [-0.1, -0.05) is 48.9 Å². The highest BCUT2D eigenvalue weighted by molar-refractivity contribution is 5.87. The minimum absolute atomic E-state index is 0.175. The van der Waals surface area contributed by atoms with Gasteiger partial charge in [0.05, 0.1) is 5.92 Å². The van der Waals surface area contributed by atoms with E-state index in [2.05, 4.69) is 24.3 Å². The SMILES string of the molecule is O=C(O)C1CCCC1c1cccc2ccccc12. The second kappa shape index (κ2) is 4.45. The van der Waals surface area contributed by atoms with Crippen LogP contribution in [0, 0.1) is 5.92 Å². The van der Waals surface area contributed by atoms with Crippen LogP contribution in [0.2, 0.25) is 0 Å². The summed E-state index contributed by atoms with van der Waals surface area (Å²) in [4.78, 5) is 11.3. The molecule has 0 amide bonds. The average molecular weight is 240 g/mol. The smallest absolute Gasteiger partial charge is 0.307 e. The summed E-state index contributed by atoms with van der Waals surface area (Å²) in [7, 11) is 0. The molecule has 1 N–H and O–H groups in total. The largest absolute Gasteiger partial charge is 0.481 e. The predicted octanol–water partition coefficient (Wildman–Crippen LogP) is 3.81. The Hall–Kier alpha value is -1.83. The van der Waals surface area contributed by atoms with Crippen LogP contribution in [0.4, 0.5) is 0 Å². The first-order chi connectivity index (χ1) is 8.77. The summed E-state index contributed by atoms with van der Waals surface area (Å²) in [6, 6.07) is 14.4. The highest BCUT2D eigenvalue weighted by Gasteiger charge is 2.34. The van der Waals surface area contributed by atoms with Crippen LogP contribution in [0.5, 0.6) is 0 Å². The van der Waals surface area contributed by atoms with Gasteiger partial charge in [0.1, 0.15) is 0 Å². The number of aliphatic carboxylic acids is 1. The van der Waals surface area contributed by atoms with Crippen LogP contribution in [0.25, 0.3) is 10.8 Å². The van der Waals surface area contributed by atoms with Crippen LogP contribution < -0.4 is 0 Å². The Morgan fingerprint density at radius 2 is 1.83 bits per heavy atom. The van der Waals surface area contributed by atoms with E-state index in [4.69, 9.17) is 0 Å². The number of hydrogen-bond donors (Lipinski definition) is 1. The van der Waals surface area contributed by atoms with Gasteiger partial charge in [0.2, 0.25) is 0 Å². The Morgan fingerprint density at radius 3 is 2.67 bits per heavy atom. The molecule has 0 spiro atoms. The maximum absolute atomic E-state index is 11.3. The van der Waals surface area contributed by atoms with E-state index in [0.717, 1.165) is 19.3 Å². The first-order valence-corrected chi connectivity index (χ1v) is 6.48. The Balaban J connectivity index is 2.11. The van der Waals surface area contributed by atoms with E-state index in [1.54, 1.807) is 0 Å². The summed E-state index contributed by atoms with van der Waals surface area (Å²) in [5.41, 5.74) is 1.21. The Bertz CT molecular complexity index is 583. The fourth-order valence-corrected chi connectivity index (χ4v) is 3.20. The standard InChI is InChI=1S/C16H16O2/c17-16(18)15-10-4-9-14(15)13-8-3-6-11-5-1-2-7-12(11)13/h1-3,5-8,14-15H,4,9-10H2,(H,17,18). The molecule has 0 radical (unpaired) electrons. The van der Waals surface area contributed by atoms with Crippen LogP contribution in [0.15, 0.2) is 42.5 Å². The van der Waals surface area contributed by atoms with E-state index >= 15 is 0 Å². The van der Waals surface area contributed by atoms with Crippen molar-refractivity contribution in [3.8, 4) is 0 Å². The minimum atomic E-state index is -0.648. The van der Waals surface area contributed by atoms with Crippen molar-refractivity contribution in [2.24, 2.45) is 5.92 Å². The summed E-state index contributed by atoms with van der Waals surface area (Å²) in [6.07, 6.45) is 2.82. The number of rotatable bonds is 2. The lowest BCUT2D eigenvalue weighted by Crippen LogP contribution is -2.16. The van der Waals surface area contributed by atoms with Crippen molar-refractivity contribution >= 4 is 16.7 Å². The van der Waals surface area contributed by atoms with Gasteiger partial charge in [-0.15, -0.1) is 0 Å². The van der Waals surface area contributed by atoms with E-state index in [9.17, 15) is 9.90 Å². The number of carboxylic acids is 1. The molecule has 1 saturated carbocycles. The van der Waals surface area contributed by atoms with E-state index in [0.29, 0.717) is 0 Å². The van der Waals surface area contributed by atoms with Crippen molar-refractivity contribution in [2.75, 3.05) is 0 Å². The molecule has 0 heterocycles. The molecule has 0 saturated heterocycles. The van der Waals surface area contributed by atoms with Gasteiger partial charge in [0.15, 0.2) is 0 Å². The van der Waals surface area contributed by atoms with Crippen molar-refractivity contribution in [1.82, 2.24) is 0 Å². The van der Waals surface area contributed by atoms with Crippen LogP contribution >= 0.6 is 0 Å². The van der Waals surface area contributed by atoms with Crippen molar-refractivity contribution in [1.29, 1.82) is 0 Å². The summed E-state index contributed by atoms with van der Waals surface area (Å²) in [5.74, 6) is -0.685. The lowest BCUT2D eigenvalue weighted by Gasteiger charge is -2.18. The van der Waals surface area contributed by atoms with E-state index in [-0.39, 0.29) is 11.8 Å². The number of hydrogen-bond acceptors (Lipinski definition) is 1. The zero-order valence-electron chi connectivity index (χ0n) is 10.2. The molecule has 0 aromatic heterocycles. The molecule has 3 rings (SSSR count). The molecule has 2 atom stereocenters. The maximum Gasteiger partial charge on any atom is 0.307 e. The van der Waals surface area contributed by atoms with Gasteiger partial charge >= 0.3 is 5.97 Å². The number of carboxylic acid groups (broad SMARTS) is 1. The molecule has 1 fully saturated rings. The van der Waals surface area contributed by atoms with Crippen LogP contribution in [-0.4, -0.2) is 11.1 Å². The first kappa shape index (κ1) is 11.3. The molecule has 2 unspecified atom stereocenters. The monoisotopic (exact) mass is 240 g/mol. The van der Waals surface area contributed by atoms with Gasteiger partial charge in [-0.2, -0.15) is 0 Å². The summed E-state index contributed by atoms with van der Waals surface area (Å²) >= 11 is 0. The molecular formula is C16H16O2. The normalized spacial score (nSPS) is 23.3. The minimum Gasteiger partial charge on any atom is -0.481 e. The second-order valence-corrected chi connectivity index (χ2v) is 5.05. The van der Waals surface area contributed by atoms with Crippen LogP contribution in [0.1, 0.15) is 30.7 Å². The first-order valence-electron chi connectivity index (χ1n) is 6.48. The molecule has 2 heteroatoms. The van der Waals surface area contributed by atoms with Gasteiger partial charge in [0, 0.05) is 0 Å². The molecule has 2 aromatic rings. The van der Waals surface area contributed by atoms with Crippen LogP contribution in [-0.2, 0) is 4.79 Å². The average Bonchev–Trinajstić information content (AvgIpc) is 2.87. The highest BCUT2D eigenvalue weighted by atomic mass is 16.4. The maximum atomic E-state index is 11.3. The molecule has 18 heavy (non-hydrogen) atoms. The van der Waals surface area contributed by atoms with Gasteiger partial charge < -0.3 is 5.11 Å². The Kier molecular flexibility index (Phi) is 2.78. The lowest BCUT2D eigenvalue weighted by atomic mass is 9.86. The Morgan fingerprint density at radius 1 is 1.06 bits per heavy atom. The third-order valence-corrected chi connectivity index (χ3v) is 4.06. The fraction of sp³-hybridized carbons (Fsp3) is 0.312. The number of carbonyl (C=O) groups is 1. The highest BCUT2D eigenvalue weighted by Crippen LogP contribution is 2.42. The third-order valence-electron chi connectivity index (χ3n) is 4.06. The van der Waals surface area contributed by atoms with Gasteiger partial charge in [-0.25, -0.2) is 0 Å². The molecule has 2 aromatic carbocycles. The number of fused-ring (bicyclic) bond motifs is 1. The van der Waals surface area contributed by atoms with Gasteiger partial charge in [-0.05, 0) is 35.1 Å². The van der Waals surface area contributed by atoms with Crippen molar-refractivity contribution in [3.05, 3.63) is 48.0 Å². The quantitative estimate of drug-likeness (QED) is 0.866. The fourth-order valence-electron chi connectivity index (χ4n) is 3.20. The molecule has 2 nitrogen and oxygen atoms in total. The van der Waals surface area contributed by atoms with E-state index in [1.165, 1.54) is 16.3 Å². The summed E-state index contributed by atoms with van der Waals surface area (Å²) in [5, 5.41) is 11.7. The van der Waals surface area contributed by atoms with Crippen molar-refractivity contribution in [2.45, 2.75) is 25.2 Å².